The molecule has 0 saturated heterocycles. The van der Waals surface area contributed by atoms with Crippen LogP contribution in [0.5, 0.6) is 0 Å². The van der Waals surface area contributed by atoms with E-state index in [2.05, 4.69) is 32.0 Å². The second-order valence-electron chi connectivity index (χ2n) is 4.88. The Labute approximate surface area is 104 Å². The summed E-state index contributed by atoms with van der Waals surface area (Å²) in [5.41, 5.74) is 3.76. The van der Waals surface area contributed by atoms with Gasteiger partial charge in [-0.3, -0.25) is 4.79 Å². The summed E-state index contributed by atoms with van der Waals surface area (Å²) in [6.45, 7) is 5.18. The van der Waals surface area contributed by atoms with Crippen LogP contribution in [0.15, 0.2) is 18.2 Å². The molecule has 0 unspecified atom stereocenters. The molecule has 1 heterocycles. The maximum Gasteiger partial charge on any atom is 0.227 e. The highest BCUT2D eigenvalue weighted by Crippen LogP contribution is 2.28. The van der Waals surface area contributed by atoms with Gasteiger partial charge in [-0.15, -0.1) is 0 Å². The molecule has 0 atom stereocenters. The highest BCUT2D eigenvalue weighted by molar-refractivity contribution is 5.96. The minimum Gasteiger partial charge on any atom is -0.312 e. The molecule has 2 rings (SSSR count). The Balaban J connectivity index is 2.18. The Morgan fingerprint density at radius 1 is 1.24 bits per heavy atom. The summed E-state index contributed by atoms with van der Waals surface area (Å²) in [5, 5.41) is 0. The van der Waals surface area contributed by atoms with Gasteiger partial charge in [0.15, 0.2) is 0 Å². The van der Waals surface area contributed by atoms with Crippen molar-refractivity contribution in [1.82, 2.24) is 0 Å². The number of carbonyl (C=O) groups is 1. The summed E-state index contributed by atoms with van der Waals surface area (Å²) in [7, 11) is 0. The standard InChI is InChI=1S/C15H21NO/c1-3-4-5-10-16-14-8-6-12(2)11-13(14)7-9-15(16)17/h6,8,11H,3-5,7,9-10H2,1-2H3. The number of amides is 1. The minimum atomic E-state index is 0.289. The van der Waals surface area contributed by atoms with Gasteiger partial charge in [-0.2, -0.15) is 0 Å². The molecular formula is C15H21NO. The van der Waals surface area contributed by atoms with Crippen LogP contribution in [0.3, 0.4) is 0 Å². The van der Waals surface area contributed by atoms with Crippen LogP contribution < -0.4 is 4.90 Å². The van der Waals surface area contributed by atoms with Gasteiger partial charge in [0.1, 0.15) is 0 Å². The van der Waals surface area contributed by atoms with Crippen LogP contribution in [0.2, 0.25) is 0 Å². The van der Waals surface area contributed by atoms with Gasteiger partial charge in [-0.05, 0) is 31.4 Å². The van der Waals surface area contributed by atoms with Crippen LogP contribution >= 0.6 is 0 Å². The molecule has 0 saturated carbocycles. The minimum absolute atomic E-state index is 0.289. The van der Waals surface area contributed by atoms with Gasteiger partial charge in [0.2, 0.25) is 5.91 Å². The number of hydrogen-bond donors (Lipinski definition) is 0. The van der Waals surface area contributed by atoms with Crippen LogP contribution in [-0.2, 0) is 11.2 Å². The van der Waals surface area contributed by atoms with E-state index in [4.69, 9.17) is 0 Å². The number of unbranched alkanes of at least 4 members (excludes halogenated alkanes) is 2. The summed E-state index contributed by atoms with van der Waals surface area (Å²) in [6, 6.07) is 6.42. The van der Waals surface area contributed by atoms with Crippen molar-refractivity contribution in [3.05, 3.63) is 29.3 Å². The van der Waals surface area contributed by atoms with Crippen LogP contribution in [0.1, 0.15) is 43.7 Å². The first-order chi connectivity index (χ1) is 8.22. The summed E-state index contributed by atoms with van der Waals surface area (Å²) in [4.78, 5) is 13.9. The van der Waals surface area contributed by atoms with Crippen molar-refractivity contribution < 1.29 is 4.79 Å². The molecule has 0 spiro atoms. The number of anilines is 1. The number of fused-ring (bicyclic) bond motifs is 1. The van der Waals surface area contributed by atoms with Crippen LogP contribution in [0, 0.1) is 6.92 Å². The Morgan fingerprint density at radius 3 is 2.82 bits per heavy atom. The summed E-state index contributed by atoms with van der Waals surface area (Å²) in [5.74, 6) is 0.289. The number of benzene rings is 1. The zero-order valence-electron chi connectivity index (χ0n) is 10.8. The van der Waals surface area contributed by atoms with E-state index in [0.29, 0.717) is 6.42 Å². The molecule has 0 aromatic heterocycles. The first kappa shape index (κ1) is 12.2. The maximum atomic E-state index is 12.0. The largest absolute Gasteiger partial charge is 0.312 e. The van der Waals surface area contributed by atoms with E-state index in [1.54, 1.807) is 0 Å². The summed E-state index contributed by atoms with van der Waals surface area (Å²) < 4.78 is 0. The Kier molecular flexibility index (Phi) is 3.82. The molecule has 1 aliphatic heterocycles. The third kappa shape index (κ3) is 2.68. The van der Waals surface area contributed by atoms with Crippen molar-refractivity contribution in [2.75, 3.05) is 11.4 Å². The number of nitrogens with zero attached hydrogens (tertiary/aromatic N) is 1. The normalized spacial score (nSPS) is 14.9. The molecular weight excluding hydrogens is 210 g/mol. The monoisotopic (exact) mass is 231 g/mol. The molecule has 1 amide bonds. The van der Waals surface area contributed by atoms with E-state index in [9.17, 15) is 4.79 Å². The molecule has 17 heavy (non-hydrogen) atoms. The predicted octanol–water partition coefficient (Wildman–Crippen LogP) is 3.46. The zero-order chi connectivity index (χ0) is 12.3. The van der Waals surface area contributed by atoms with Gasteiger partial charge in [-0.25, -0.2) is 0 Å². The van der Waals surface area contributed by atoms with Crippen molar-refractivity contribution in [2.24, 2.45) is 0 Å². The molecule has 2 heteroatoms. The zero-order valence-corrected chi connectivity index (χ0v) is 10.8. The lowest BCUT2D eigenvalue weighted by atomic mass is 9.99. The van der Waals surface area contributed by atoms with Crippen LogP contribution in [0.25, 0.3) is 0 Å². The Hall–Kier alpha value is -1.31. The number of hydrogen-bond acceptors (Lipinski definition) is 1. The van der Waals surface area contributed by atoms with E-state index < -0.39 is 0 Å². The molecule has 0 fully saturated rings. The smallest absolute Gasteiger partial charge is 0.227 e. The molecule has 2 nitrogen and oxygen atoms in total. The molecule has 1 aromatic rings. The molecule has 92 valence electrons. The molecule has 0 aliphatic carbocycles. The van der Waals surface area contributed by atoms with E-state index >= 15 is 0 Å². The van der Waals surface area contributed by atoms with Crippen molar-refractivity contribution in [1.29, 1.82) is 0 Å². The van der Waals surface area contributed by atoms with Crippen molar-refractivity contribution in [3.63, 3.8) is 0 Å². The van der Waals surface area contributed by atoms with E-state index in [1.165, 1.54) is 24.0 Å². The lowest BCUT2D eigenvalue weighted by molar-refractivity contribution is -0.118. The van der Waals surface area contributed by atoms with Gasteiger partial charge in [-0.1, -0.05) is 37.5 Å². The molecule has 0 bridgehead atoms. The second kappa shape index (κ2) is 5.35. The Bertz CT molecular complexity index is 411. The third-order valence-electron chi connectivity index (χ3n) is 3.42. The fraction of sp³-hybridized carbons (Fsp3) is 0.533. The molecule has 0 radical (unpaired) electrons. The highest BCUT2D eigenvalue weighted by atomic mass is 16.2. The maximum absolute atomic E-state index is 12.0. The fourth-order valence-corrected chi connectivity index (χ4v) is 2.45. The van der Waals surface area contributed by atoms with Crippen molar-refractivity contribution in [2.45, 2.75) is 46.0 Å². The predicted molar refractivity (Wildman–Crippen MR) is 71.4 cm³/mol. The van der Waals surface area contributed by atoms with E-state index in [0.717, 1.165) is 25.1 Å². The molecule has 1 aliphatic rings. The first-order valence-electron chi connectivity index (χ1n) is 6.62. The van der Waals surface area contributed by atoms with Crippen LogP contribution in [-0.4, -0.2) is 12.5 Å². The SMILES string of the molecule is CCCCCN1C(=O)CCc2cc(C)ccc21. The van der Waals surface area contributed by atoms with E-state index in [-0.39, 0.29) is 5.91 Å². The average Bonchev–Trinajstić information content (AvgIpc) is 2.32. The van der Waals surface area contributed by atoms with Crippen molar-refractivity contribution >= 4 is 11.6 Å². The first-order valence-corrected chi connectivity index (χ1v) is 6.62. The van der Waals surface area contributed by atoms with Gasteiger partial charge in [0.05, 0.1) is 0 Å². The topological polar surface area (TPSA) is 20.3 Å². The van der Waals surface area contributed by atoms with Crippen LogP contribution in [0.4, 0.5) is 5.69 Å². The lowest BCUT2D eigenvalue weighted by Gasteiger charge is -2.29. The quantitative estimate of drug-likeness (QED) is 0.727. The van der Waals surface area contributed by atoms with Gasteiger partial charge in [0, 0.05) is 18.7 Å². The average molecular weight is 231 g/mol. The molecule has 1 aromatic carbocycles. The van der Waals surface area contributed by atoms with Crippen molar-refractivity contribution in [3.8, 4) is 0 Å². The summed E-state index contributed by atoms with van der Waals surface area (Å²) in [6.07, 6.45) is 5.08. The summed E-state index contributed by atoms with van der Waals surface area (Å²) >= 11 is 0. The lowest BCUT2D eigenvalue weighted by Crippen LogP contribution is -2.35. The number of carbonyl (C=O) groups excluding carboxylic acids is 1. The van der Waals surface area contributed by atoms with Gasteiger partial charge >= 0.3 is 0 Å². The van der Waals surface area contributed by atoms with Gasteiger partial charge in [0.25, 0.3) is 0 Å². The Morgan fingerprint density at radius 2 is 2.06 bits per heavy atom. The van der Waals surface area contributed by atoms with Gasteiger partial charge < -0.3 is 4.90 Å². The number of rotatable bonds is 4. The van der Waals surface area contributed by atoms with E-state index in [1.807, 2.05) is 4.90 Å². The number of aryl methyl sites for hydroxylation is 2. The molecule has 0 N–H and O–H groups in total. The highest BCUT2D eigenvalue weighted by Gasteiger charge is 2.23. The fourth-order valence-electron chi connectivity index (χ4n) is 2.45. The third-order valence-corrected chi connectivity index (χ3v) is 3.42. The second-order valence-corrected chi connectivity index (χ2v) is 4.88.